The lowest BCUT2D eigenvalue weighted by Crippen LogP contribution is -2.37. The zero-order valence-electron chi connectivity index (χ0n) is 17.8. The van der Waals surface area contributed by atoms with Crippen molar-refractivity contribution in [2.45, 2.75) is 36.6 Å². The first-order chi connectivity index (χ1) is 14.6. The molecule has 31 heavy (non-hydrogen) atoms. The van der Waals surface area contributed by atoms with Gasteiger partial charge in [0.2, 0.25) is 15.9 Å². The first kappa shape index (κ1) is 23.4. The van der Waals surface area contributed by atoms with Gasteiger partial charge in [0.05, 0.1) is 11.2 Å². The zero-order chi connectivity index (χ0) is 22.8. The maximum atomic E-state index is 13.2. The summed E-state index contributed by atoms with van der Waals surface area (Å²) in [6.45, 7) is 3.92. The SMILES string of the molecule is CCC(=O)Nc1ccc(S(=O)(=O)N2CCCN(S(=O)(=O)c3cn(C)cn3)CC2)c(C)c1. The van der Waals surface area contributed by atoms with Gasteiger partial charge < -0.3 is 9.88 Å². The minimum atomic E-state index is -3.82. The highest BCUT2D eigenvalue weighted by Gasteiger charge is 2.33. The van der Waals surface area contributed by atoms with Crippen LogP contribution in [-0.2, 0) is 31.9 Å². The smallest absolute Gasteiger partial charge is 0.262 e. The van der Waals surface area contributed by atoms with E-state index in [0.29, 0.717) is 24.1 Å². The van der Waals surface area contributed by atoms with Gasteiger partial charge in [0.25, 0.3) is 10.0 Å². The van der Waals surface area contributed by atoms with Crippen LogP contribution in [0.15, 0.2) is 40.6 Å². The van der Waals surface area contributed by atoms with E-state index >= 15 is 0 Å². The van der Waals surface area contributed by atoms with Crippen molar-refractivity contribution in [1.29, 1.82) is 0 Å². The number of benzene rings is 1. The summed E-state index contributed by atoms with van der Waals surface area (Å²) in [6, 6.07) is 4.66. The van der Waals surface area contributed by atoms with Crippen LogP contribution in [0.2, 0.25) is 0 Å². The van der Waals surface area contributed by atoms with Crippen molar-refractivity contribution in [2.75, 3.05) is 31.5 Å². The lowest BCUT2D eigenvalue weighted by atomic mass is 10.2. The molecule has 10 nitrogen and oxygen atoms in total. The summed E-state index contributed by atoms with van der Waals surface area (Å²) >= 11 is 0. The molecule has 0 atom stereocenters. The molecular formula is C19H27N5O5S2. The van der Waals surface area contributed by atoms with E-state index in [4.69, 9.17) is 0 Å². The van der Waals surface area contributed by atoms with Crippen LogP contribution in [0.5, 0.6) is 0 Å². The number of aromatic nitrogens is 2. The molecule has 0 aliphatic carbocycles. The maximum Gasteiger partial charge on any atom is 0.262 e. The summed E-state index contributed by atoms with van der Waals surface area (Å²) in [6.07, 6.45) is 3.54. The lowest BCUT2D eigenvalue weighted by Gasteiger charge is -2.22. The number of amides is 1. The Labute approximate surface area is 183 Å². The topological polar surface area (TPSA) is 122 Å². The van der Waals surface area contributed by atoms with Gasteiger partial charge in [0.15, 0.2) is 5.03 Å². The van der Waals surface area contributed by atoms with Crippen molar-refractivity contribution >= 4 is 31.6 Å². The Morgan fingerprint density at radius 2 is 1.71 bits per heavy atom. The van der Waals surface area contributed by atoms with Gasteiger partial charge in [-0.15, -0.1) is 0 Å². The van der Waals surface area contributed by atoms with Crippen LogP contribution in [0.4, 0.5) is 5.69 Å². The second-order valence-corrected chi connectivity index (χ2v) is 11.2. The fourth-order valence-electron chi connectivity index (χ4n) is 3.41. The molecule has 1 aromatic carbocycles. The monoisotopic (exact) mass is 469 g/mol. The molecule has 0 bridgehead atoms. The predicted molar refractivity (Wildman–Crippen MR) is 115 cm³/mol. The molecular weight excluding hydrogens is 442 g/mol. The van der Waals surface area contributed by atoms with Crippen LogP contribution in [0.25, 0.3) is 0 Å². The van der Waals surface area contributed by atoms with Gasteiger partial charge in [-0.25, -0.2) is 21.8 Å². The number of hydrogen-bond donors (Lipinski definition) is 1. The van der Waals surface area contributed by atoms with Crippen LogP contribution >= 0.6 is 0 Å². The molecule has 170 valence electrons. The molecule has 12 heteroatoms. The standard InChI is InChI=1S/C19H27N5O5S2/c1-4-18(25)21-16-6-7-17(15(2)12-16)30(26,27)23-8-5-9-24(11-10-23)31(28,29)19-13-22(3)14-20-19/h6-7,12-14H,4-5,8-11H2,1-3H3,(H,21,25). The molecule has 2 aromatic rings. The van der Waals surface area contributed by atoms with Gasteiger partial charge in [-0.2, -0.15) is 8.61 Å². The van der Waals surface area contributed by atoms with Crippen LogP contribution in [0, 0.1) is 6.92 Å². The predicted octanol–water partition coefficient (Wildman–Crippen LogP) is 1.16. The van der Waals surface area contributed by atoms with Crippen LogP contribution < -0.4 is 5.32 Å². The Kier molecular flexibility index (Phi) is 6.84. The van der Waals surface area contributed by atoms with Crippen LogP contribution in [-0.4, -0.2) is 67.1 Å². The number of sulfonamides is 2. The van der Waals surface area contributed by atoms with E-state index in [1.165, 1.54) is 27.2 Å². The number of aryl methyl sites for hydroxylation is 2. The Morgan fingerprint density at radius 3 is 2.26 bits per heavy atom. The summed E-state index contributed by atoms with van der Waals surface area (Å²) < 4.78 is 56.3. The average Bonchev–Trinajstić information content (AvgIpc) is 2.99. The third-order valence-electron chi connectivity index (χ3n) is 5.10. The molecule has 1 amide bonds. The normalized spacial score (nSPS) is 16.7. The Bertz CT molecular complexity index is 1170. The minimum Gasteiger partial charge on any atom is -0.339 e. The van der Waals surface area contributed by atoms with Crippen LogP contribution in [0.3, 0.4) is 0 Å². The molecule has 0 unspecified atom stereocenters. The molecule has 1 aliphatic rings. The molecule has 0 radical (unpaired) electrons. The number of nitrogens with zero attached hydrogens (tertiary/aromatic N) is 4. The molecule has 0 spiro atoms. The number of carbonyl (C=O) groups excluding carboxylic acids is 1. The first-order valence-corrected chi connectivity index (χ1v) is 12.8. The van der Waals surface area contributed by atoms with Crippen LogP contribution in [0.1, 0.15) is 25.3 Å². The Morgan fingerprint density at radius 1 is 1.06 bits per heavy atom. The van der Waals surface area contributed by atoms with Gasteiger partial charge >= 0.3 is 0 Å². The number of anilines is 1. The quantitative estimate of drug-likeness (QED) is 0.678. The second-order valence-electron chi connectivity index (χ2n) is 7.42. The van der Waals surface area contributed by atoms with Gasteiger partial charge in [-0.1, -0.05) is 6.92 Å². The van der Waals surface area contributed by atoms with E-state index in [9.17, 15) is 21.6 Å². The van der Waals surface area contributed by atoms with Crippen molar-refractivity contribution in [3.63, 3.8) is 0 Å². The third kappa shape index (κ3) is 4.97. The second kappa shape index (κ2) is 9.07. The molecule has 0 saturated carbocycles. The van der Waals surface area contributed by atoms with Gasteiger partial charge in [-0.05, 0) is 37.1 Å². The highest BCUT2D eigenvalue weighted by Crippen LogP contribution is 2.25. The number of nitrogens with one attached hydrogen (secondary N) is 1. The van der Waals surface area contributed by atoms with Gasteiger partial charge in [-0.3, -0.25) is 4.79 Å². The number of hydrogen-bond acceptors (Lipinski definition) is 6. The van der Waals surface area contributed by atoms with Crippen molar-refractivity contribution in [2.24, 2.45) is 7.05 Å². The third-order valence-corrected chi connectivity index (χ3v) is 8.94. The summed E-state index contributed by atoms with van der Waals surface area (Å²) in [7, 11) is -5.92. The Hall–Kier alpha value is -2.28. The maximum absolute atomic E-state index is 13.2. The highest BCUT2D eigenvalue weighted by molar-refractivity contribution is 7.89. The van der Waals surface area contributed by atoms with E-state index in [-0.39, 0.29) is 42.0 Å². The van der Waals surface area contributed by atoms with E-state index in [2.05, 4.69) is 10.3 Å². The molecule has 3 rings (SSSR count). The molecule has 2 heterocycles. The number of rotatable bonds is 6. The Balaban J connectivity index is 1.78. The average molecular weight is 470 g/mol. The number of imidazole rings is 1. The zero-order valence-corrected chi connectivity index (χ0v) is 19.4. The molecule has 1 saturated heterocycles. The van der Waals surface area contributed by atoms with Crippen molar-refractivity contribution in [1.82, 2.24) is 18.2 Å². The minimum absolute atomic E-state index is 0.0435. The summed E-state index contributed by atoms with van der Waals surface area (Å²) in [5.74, 6) is -0.156. The highest BCUT2D eigenvalue weighted by atomic mass is 32.2. The lowest BCUT2D eigenvalue weighted by molar-refractivity contribution is -0.115. The number of carbonyl (C=O) groups is 1. The van der Waals surface area contributed by atoms with E-state index in [0.717, 1.165) is 0 Å². The largest absolute Gasteiger partial charge is 0.339 e. The summed E-state index contributed by atoms with van der Waals surface area (Å²) in [5, 5.41) is 2.66. The van der Waals surface area contributed by atoms with E-state index < -0.39 is 20.0 Å². The summed E-state index contributed by atoms with van der Waals surface area (Å²) in [5.41, 5.74) is 1.04. The molecule has 1 N–H and O–H groups in total. The summed E-state index contributed by atoms with van der Waals surface area (Å²) in [4.78, 5) is 15.6. The first-order valence-electron chi connectivity index (χ1n) is 9.94. The fraction of sp³-hybridized carbons (Fsp3) is 0.474. The van der Waals surface area contributed by atoms with E-state index in [1.54, 1.807) is 37.6 Å². The van der Waals surface area contributed by atoms with Crippen molar-refractivity contribution in [3.05, 3.63) is 36.3 Å². The molecule has 1 aliphatic heterocycles. The van der Waals surface area contributed by atoms with Gasteiger partial charge in [0, 0.05) is 51.5 Å². The van der Waals surface area contributed by atoms with Gasteiger partial charge in [0.1, 0.15) is 0 Å². The van der Waals surface area contributed by atoms with Crippen molar-refractivity contribution in [3.8, 4) is 0 Å². The van der Waals surface area contributed by atoms with E-state index in [1.807, 2.05) is 0 Å². The van der Waals surface area contributed by atoms with Crippen molar-refractivity contribution < 1.29 is 21.6 Å². The fourth-order valence-corrected chi connectivity index (χ4v) is 6.52. The molecule has 1 fully saturated rings. The molecule has 1 aromatic heterocycles.